The van der Waals surface area contributed by atoms with E-state index >= 15 is 0 Å². The van der Waals surface area contributed by atoms with E-state index in [0.29, 0.717) is 35.7 Å². The Balaban J connectivity index is 1.92. The monoisotopic (exact) mass is 416 g/mol. The van der Waals surface area contributed by atoms with Crippen molar-refractivity contribution in [3.8, 4) is 5.75 Å². The van der Waals surface area contributed by atoms with E-state index in [2.05, 4.69) is 19.2 Å². The summed E-state index contributed by atoms with van der Waals surface area (Å²) in [5, 5.41) is 2.62. The third-order valence-corrected chi connectivity index (χ3v) is 5.03. The number of rotatable bonds is 5. The third-order valence-electron chi connectivity index (χ3n) is 5.03. The molecule has 1 N–H and O–H groups in total. The SMILES string of the molecule is CC(C)CCN1C(=O)C(C)(C)COc2ccc(NC(=O)c3ccc(F)cc3F)cc21. The zero-order valence-corrected chi connectivity index (χ0v) is 17.6. The van der Waals surface area contributed by atoms with Crippen LogP contribution >= 0.6 is 0 Å². The molecule has 0 atom stereocenters. The van der Waals surface area contributed by atoms with E-state index in [1.165, 1.54) is 0 Å². The van der Waals surface area contributed by atoms with Gasteiger partial charge in [-0.3, -0.25) is 9.59 Å². The molecule has 30 heavy (non-hydrogen) atoms. The fraction of sp³-hybridized carbons (Fsp3) is 0.391. The number of carbonyl (C=O) groups is 2. The summed E-state index contributed by atoms with van der Waals surface area (Å²) in [6.45, 7) is 8.59. The molecule has 7 heteroatoms. The van der Waals surface area contributed by atoms with Gasteiger partial charge < -0.3 is 15.0 Å². The summed E-state index contributed by atoms with van der Waals surface area (Å²) in [6, 6.07) is 7.73. The van der Waals surface area contributed by atoms with Crippen LogP contribution in [0.25, 0.3) is 0 Å². The van der Waals surface area contributed by atoms with E-state index in [-0.39, 0.29) is 18.1 Å². The Hall–Kier alpha value is -2.96. The number of nitrogens with zero attached hydrogens (tertiary/aromatic N) is 1. The predicted octanol–water partition coefficient (Wildman–Crippen LogP) is 5.01. The summed E-state index contributed by atoms with van der Waals surface area (Å²) in [6.07, 6.45) is 0.804. The molecule has 0 fully saturated rings. The normalized spacial score (nSPS) is 15.4. The lowest BCUT2D eigenvalue weighted by atomic mass is 9.92. The number of hydrogen-bond acceptors (Lipinski definition) is 3. The van der Waals surface area contributed by atoms with Crippen molar-refractivity contribution in [1.82, 2.24) is 0 Å². The van der Waals surface area contributed by atoms with Crippen molar-refractivity contribution in [3.63, 3.8) is 0 Å². The second kappa shape index (κ2) is 8.42. The van der Waals surface area contributed by atoms with Crippen molar-refractivity contribution in [2.45, 2.75) is 34.1 Å². The number of fused-ring (bicyclic) bond motifs is 1. The highest BCUT2D eigenvalue weighted by Gasteiger charge is 2.37. The van der Waals surface area contributed by atoms with Gasteiger partial charge in [-0.2, -0.15) is 0 Å². The summed E-state index contributed by atoms with van der Waals surface area (Å²) < 4.78 is 32.9. The first kappa shape index (κ1) is 21.7. The first-order valence-electron chi connectivity index (χ1n) is 9.94. The van der Waals surface area contributed by atoms with E-state index in [4.69, 9.17) is 4.74 Å². The summed E-state index contributed by atoms with van der Waals surface area (Å²) >= 11 is 0. The van der Waals surface area contributed by atoms with Crippen LogP contribution in [0.3, 0.4) is 0 Å². The van der Waals surface area contributed by atoms with E-state index < -0.39 is 23.0 Å². The number of nitrogens with one attached hydrogen (secondary N) is 1. The van der Waals surface area contributed by atoms with Gasteiger partial charge in [0.1, 0.15) is 24.0 Å². The number of anilines is 2. The number of amides is 2. The average molecular weight is 416 g/mol. The van der Waals surface area contributed by atoms with E-state index in [1.807, 2.05) is 13.8 Å². The van der Waals surface area contributed by atoms with Crippen LogP contribution in [0.15, 0.2) is 36.4 Å². The Bertz CT molecular complexity index is 973. The highest BCUT2D eigenvalue weighted by Crippen LogP contribution is 2.38. The lowest BCUT2D eigenvalue weighted by Gasteiger charge is -2.28. The first-order chi connectivity index (χ1) is 14.1. The van der Waals surface area contributed by atoms with Gasteiger partial charge in [-0.1, -0.05) is 13.8 Å². The van der Waals surface area contributed by atoms with Crippen molar-refractivity contribution >= 4 is 23.2 Å². The number of benzene rings is 2. The molecule has 2 aromatic rings. The topological polar surface area (TPSA) is 58.6 Å². The Morgan fingerprint density at radius 3 is 2.60 bits per heavy atom. The van der Waals surface area contributed by atoms with Crippen molar-refractivity contribution in [1.29, 1.82) is 0 Å². The van der Waals surface area contributed by atoms with Crippen LogP contribution in [-0.4, -0.2) is 25.0 Å². The predicted molar refractivity (Wildman–Crippen MR) is 112 cm³/mol. The Morgan fingerprint density at radius 1 is 1.20 bits per heavy atom. The Labute approximate surface area is 175 Å². The molecular formula is C23H26F2N2O3. The summed E-state index contributed by atoms with van der Waals surface area (Å²) in [5.74, 6) is -1.52. The molecule has 0 saturated heterocycles. The van der Waals surface area contributed by atoms with Crippen LogP contribution in [-0.2, 0) is 4.79 Å². The minimum absolute atomic E-state index is 0.0602. The maximum atomic E-state index is 13.9. The molecule has 0 aliphatic carbocycles. The van der Waals surface area contributed by atoms with Gasteiger partial charge >= 0.3 is 0 Å². The van der Waals surface area contributed by atoms with Crippen molar-refractivity contribution in [2.24, 2.45) is 11.3 Å². The lowest BCUT2D eigenvalue weighted by molar-refractivity contribution is -0.127. The minimum Gasteiger partial charge on any atom is -0.490 e. The highest BCUT2D eigenvalue weighted by atomic mass is 19.1. The van der Waals surface area contributed by atoms with Crippen LogP contribution in [0.1, 0.15) is 44.5 Å². The van der Waals surface area contributed by atoms with Crippen LogP contribution in [0.5, 0.6) is 5.75 Å². The van der Waals surface area contributed by atoms with Crippen molar-refractivity contribution < 1.29 is 23.1 Å². The molecule has 0 spiro atoms. The summed E-state index contributed by atoms with van der Waals surface area (Å²) in [7, 11) is 0. The van der Waals surface area contributed by atoms with Crippen LogP contribution < -0.4 is 15.0 Å². The highest BCUT2D eigenvalue weighted by molar-refractivity contribution is 6.05. The van der Waals surface area contributed by atoms with Crippen molar-refractivity contribution in [3.05, 3.63) is 53.6 Å². The summed E-state index contributed by atoms with van der Waals surface area (Å²) in [5.41, 5.74) is -0.0235. The number of carbonyl (C=O) groups excluding carboxylic acids is 2. The molecule has 2 aromatic carbocycles. The van der Waals surface area contributed by atoms with E-state index in [9.17, 15) is 18.4 Å². The van der Waals surface area contributed by atoms with E-state index in [1.54, 1.807) is 23.1 Å². The van der Waals surface area contributed by atoms with Crippen LogP contribution in [0.4, 0.5) is 20.2 Å². The molecule has 0 radical (unpaired) electrons. The molecule has 0 bridgehead atoms. The largest absolute Gasteiger partial charge is 0.490 e. The molecule has 1 aliphatic heterocycles. The average Bonchev–Trinajstić information content (AvgIpc) is 2.75. The van der Waals surface area contributed by atoms with Gasteiger partial charge in [-0.05, 0) is 56.5 Å². The van der Waals surface area contributed by atoms with Crippen LogP contribution in [0.2, 0.25) is 0 Å². The number of hydrogen-bond donors (Lipinski definition) is 1. The molecule has 1 heterocycles. The van der Waals surface area contributed by atoms with Gasteiger partial charge in [-0.25, -0.2) is 8.78 Å². The quantitative estimate of drug-likeness (QED) is 0.745. The van der Waals surface area contributed by atoms with Crippen LogP contribution in [0, 0.1) is 23.0 Å². The molecule has 5 nitrogen and oxygen atoms in total. The molecule has 3 rings (SSSR count). The maximum Gasteiger partial charge on any atom is 0.258 e. The van der Waals surface area contributed by atoms with Gasteiger partial charge in [0.15, 0.2) is 0 Å². The van der Waals surface area contributed by atoms with Crippen molar-refractivity contribution in [2.75, 3.05) is 23.4 Å². The van der Waals surface area contributed by atoms with Gasteiger partial charge in [0.25, 0.3) is 5.91 Å². The molecule has 0 aromatic heterocycles. The maximum absolute atomic E-state index is 13.9. The third kappa shape index (κ3) is 4.61. The fourth-order valence-electron chi connectivity index (χ4n) is 3.20. The Kier molecular flexibility index (Phi) is 6.10. The standard InChI is InChI=1S/C23H26F2N2O3/c1-14(2)9-10-27-19-12-16(6-8-20(19)30-13-23(3,4)22(27)29)26-21(28)17-7-5-15(24)11-18(17)25/h5-8,11-12,14H,9-10,13H2,1-4H3,(H,26,28). The van der Waals surface area contributed by atoms with E-state index in [0.717, 1.165) is 18.6 Å². The zero-order chi connectivity index (χ0) is 22.1. The minimum atomic E-state index is -0.943. The smallest absolute Gasteiger partial charge is 0.258 e. The molecule has 2 amide bonds. The Morgan fingerprint density at radius 2 is 1.93 bits per heavy atom. The number of ether oxygens (including phenoxy) is 1. The molecule has 1 aliphatic rings. The molecule has 0 unspecified atom stereocenters. The van der Waals surface area contributed by atoms with Gasteiger partial charge in [0.2, 0.25) is 5.91 Å². The first-order valence-corrected chi connectivity index (χ1v) is 9.94. The van der Waals surface area contributed by atoms with Gasteiger partial charge in [0, 0.05) is 18.3 Å². The second-order valence-corrected chi connectivity index (χ2v) is 8.57. The van der Waals surface area contributed by atoms with Gasteiger partial charge in [0.05, 0.1) is 16.7 Å². The van der Waals surface area contributed by atoms with Gasteiger partial charge in [-0.15, -0.1) is 0 Å². The molecular weight excluding hydrogens is 390 g/mol. The second-order valence-electron chi connectivity index (χ2n) is 8.57. The zero-order valence-electron chi connectivity index (χ0n) is 17.6. The molecule has 0 saturated carbocycles. The lowest BCUT2D eigenvalue weighted by Crippen LogP contribution is -2.42. The number of halogens is 2. The molecule has 160 valence electrons. The summed E-state index contributed by atoms with van der Waals surface area (Å²) in [4.78, 5) is 27.3. The fourth-order valence-corrected chi connectivity index (χ4v) is 3.20.